The molecule has 0 amide bonds. The zero-order chi connectivity index (χ0) is 15.5. The Hall–Kier alpha value is -2.41. The molecular weight excluding hydrogens is 298 g/mol. The molecule has 0 N–H and O–H groups in total. The van der Waals surface area contributed by atoms with Crippen LogP contribution in [-0.4, -0.2) is 31.5 Å². The first-order valence-electron chi connectivity index (χ1n) is 6.93. The average molecular weight is 313 g/mol. The first-order valence-corrected chi connectivity index (χ1v) is 7.75. The molecule has 0 saturated heterocycles. The van der Waals surface area contributed by atoms with Crippen molar-refractivity contribution in [1.29, 1.82) is 0 Å². The third kappa shape index (κ3) is 2.94. The lowest BCUT2D eigenvalue weighted by Gasteiger charge is -2.04. The fraction of sp³-hybridized carbons (Fsp3) is 0.267. The molecule has 0 radical (unpaired) electrons. The number of aryl methyl sites for hydroxylation is 3. The summed E-state index contributed by atoms with van der Waals surface area (Å²) in [7, 11) is 0. The minimum atomic E-state index is 0.361. The van der Waals surface area contributed by atoms with Gasteiger partial charge in [-0.2, -0.15) is 4.68 Å². The number of rotatable bonds is 5. The van der Waals surface area contributed by atoms with E-state index < -0.39 is 0 Å². The van der Waals surface area contributed by atoms with E-state index in [9.17, 15) is 4.79 Å². The van der Waals surface area contributed by atoms with Gasteiger partial charge in [0.05, 0.1) is 5.69 Å². The molecule has 6 nitrogen and oxygen atoms in total. The van der Waals surface area contributed by atoms with Crippen LogP contribution in [0.5, 0.6) is 0 Å². The van der Waals surface area contributed by atoms with Gasteiger partial charge in [0.2, 0.25) is 5.13 Å². The van der Waals surface area contributed by atoms with Crippen molar-refractivity contribution in [2.45, 2.75) is 26.7 Å². The van der Waals surface area contributed by atoms with Gasteiger partial charge in [-0.05, 0) is 32.3 Å². The quantitative estimate of drug-likeness (QED) is 0.676. The van der Waals surface area contributed by atoms with Crippen molar-refractivity contribution >= 4 is 17.6 Å². The second kappa shape index (κ2) is 6.15. The molecule has 0 aliphatic heterocycles. The summed E-state index contributed by atoms with van der Waals surface area (Å²) in [5, 5.41) is 17.5. The number of aromatic nitrogens is 5. The van der Waals surface area contributed by atoms with Gasteiger partial charge >= 0.3 is 0 Å². The Kier molecular flexibility index (Phi) is 4.06. The Balaban J connectivity index is 1.87. The van der Waals surface area contributed by atoms with Crippen molar-refractivity contribution in [2.75, 3.05) is 0 Å². The zero-order valence-corrected chi connectivity index (χ0v) is 13.2. The van der Waals surface area contributed by atoms with Gasteiger partial charge in [0, 0.05) is 0 Å². The fourth-order valence-corrected chi connectivity index (χ4v) is 2.84. The molecule has 0 bridgehead atoms. The summed E-state index contributed by atoms with van der Waals surface area (Å²) in [6, 6.07) is 8.36. The Morgan fingerprint density at radius 3 is 2.50 bits per heavy atom. The van der Waals surface area contributed by atoms with E-state index in [-0.39, 0.29) is 0 Å². The van der Waals surface area contributed by atoms with Crippen molar-refractivity contribution in [1.82, 2.24) is 25.2 Å². The van der Waals surface area contributed by atoms with Crippen LogP contribution >= 0.6 is 11.3 Å². The van der Waals surface area contributed by atoms with Crippen molar-refractivity contribution in [3.8, 4) is 5.13 Å². The van der Waals surface area contributed by atoms with Crippen LogP contribution in [0.1, 0.15) is 32.3 Å². The molecule has 0 aliphatic rings. The van der Waals surface area contributed by atoms with Crippen LogP contribution < -0.4 is 0 Å². The standard InChI is InChI=1S/C15H15N5OS/c1-10-3-5-12(6-4-10)7-8-14-13(9-21)17-19-20(14)15-18-16-11(2)22-15/h3-6,9H,7-8H2,1-2H3. The normalized spacial score (nSPS) is 10.8. The molecule has 0 aliphatic carbocycles. The number of nitrogens with zero attached hydrogens (tertiary/aromatic N) is 5. The van der Waals surface area contributed by atoms with Gasteiger partial charge in [-0.3, -0.25) is 4.79 Å². The second-order valence-electron chi connectivity index (χ2n) is 5.04. The molecule has 0 atom stereocenters. The number of aldehydes is 1. The zero-order valence-electron chi connectivity index (χ0n) is 12.4. The molecule has 3 aromatic rings. The van der Waals surface area contributed by atoms with E-state index in [4.69, 9.17) is 0 Å². The van der Waals surface area contributed by atoms with Crippen LogP contribution in [0.15, 0.2) is 24.3 Å². The maximum absolute atomic E-state index is 11.2. The van der Waals surface area contributed by atoms with Gasteiger partial charge in [0.25, 0.3) is 0 Å². The predicted octanol–water partition coefficient (Wildman–Crippen LogP) is 2.33. The second-order valence-corrected chi connectivity index (χ2v) is 6.20. The smallest absolute Gasteiger partial charge is 0.234 e. The van der Waals surface area contributed by atoms with Crippen LogP contribution in [0.25, 0.3) is 5.13 Å². The highest BCUT2D eigenvalue weighted by Gasteiger charge is 2.16. The van der Waals surface area contributed by atoms with E-state index in [1.165, 1.54) is 22.5 Å². The highest BCUT2D eigenvalue weighted by atomic mass is 32.1. The monoisotopic (exact) mass is 313 g/mol. The van der Waals surface area contributed by atoms with Gasteiger partial charge in [0.15, 0.2) is 6.29 Å². The molecule has 112 valence electrons. The van der Waals surface area contributed by atoms with Gasteiger partial charge in [-0.1, -0.05) is 46.4 Å². The molecule has 7 heteroatoms. The largest absolute Gasteiger partial charge is 0.296 e. The average Bonchev–Trinajstić information content (AvgIpc) is 3.12. The minimum absolute atomic E-state index is 0.361. The molecule has 0 spiro atoms. The SMILES string of the molecule is Cc1ccc(CCc2c(C=O)nnn2-c2nnc(C)s2)cc1. The van der Waals surface area contributed by atoms with Gasteiger partial charge < -0.3 is 0 Å². The third-order valence-corrected chi connectivity index (χ3v) is 4.19. The van der Waals surface area contributed by atoms with Gasteiger partial charge in [-0.15, -0.1) is 15.3 Å². The highest BCUT2D eigenvalue weighted by Crippen LogP contribution is 2.18. The van der Waals surface area contributed by atoms with Crippen molar-refractivity contribution in [2.24, 2.45) is 0 Å². The fourth-order valence-electron chi connectivity index (χ4n) is 2.18. The Morgan fingerprint density at radius 2 is 1.86 bits per heavy atom. The van der Waals surface area contributed by atoms with E-state index in [0.717, 1.165) is 23.4 Å². The Bertz CT molecular complexity index is 791. The number of carbonyl (C=O) groups excluding carboxylic acids is 1. The van der Waals surface area contributed by atoms with Crippen molar-refractivity contribution < 1.29 is 4.79 Å². The van der Waals surface area contributed by atoms with Crippen molar-refractivity contribution in [3.63, 3.8) is 0 Å². The van der Waals surface area contributed by atoms with Crippen LogP contribution in [0.3, 0.4) is 0 Å². The van der Waals surface area contributed by atoms with Crippen LogP contribution in [-0.2, 0) is 12.8 Å². The summed E-state index contributed by atoms with van der Waals surface area (Å²) in [6.07, 6.45) is 2.22. The van der Waals surface area contributed by atoms with Crippen molar-refractivity contribution in [3.05, 3.63) is 51.8 Å². The molecule has 0 unspecified atom stereocenters. The van der Waals surface area contributed by atoms with E-state index in [0.29, 0.717) is 17.2 Å². The third-order valence-electron chi connectivity index (χ3n) is 3.37. The summed E-state index contributed by atoms with van der Waals surface area (Å²) in [5.74, 6) is 0. The maximum Gasteiger partial charge on any atom is 0.234 e. The summed E-state index contributed by atoms with van der Waals surface area (Å²) < 4.78 is 1.61. The number of carbonyl (C=O) groups is 1. The van der Waals surface area contributed by atoms with Gasteiger partial charge in [0.1, 0.15) is 10.7 Å². The van der Waals surface area contributed by atoms with E-state index >= 15 is 0 Å². The summed E-state index contributed by atoms with van der Waals surface area (Å²) in [6.45, 7) is 3.94. The minimum Gasteiger partial charge on any atom is -0.296 e. The molecule has 0 saturated carbocycles. The number of benzene rings is 1. The lowest BCUT2D eigenvalue weighted by Crippen LogP contribution is -2.05. The molecule has 2 heterocycles. The molecule has 22 heavy (non-hydrogen) atoms. The van der Waals surface area contributed by atoms with Crippen LogP contribution in [0.4, 0.5) is 0 Å². The highest BCUT2D eigenvalue weighted by molar-refractivity contribution is 7.13. The first-order chi connectivity index (χ1) is 10.7. The maximum atomic E-state index is 11.2. The molecule has 1 aromatic carbocycles. The van der Waals surface area contributed by atoms with Crippen LogP contribution in [0.2, 0.25) is 0 Å². The lowest BCUT2D eigenvalue weighted by molar-refractivity contribution is 0.111. The Morgan fingerprint density at radius 1 is 1.09 bits per heavy atom. The Labute approximate surface area is 131 Å². The molecule has 0 fully saturated rings. The van der Waals surface area contributed by atoms with E-state index in [2.05, 4.69) is 51.7 Å². The number of hydrogen-bond acceptors (Lipinski definition) is 6. The predicted molar refractivity (Wildman–Crippen MR) is 83.5 cm³/mol. The molecule has 3 rings (SSSR count). The van der Waals surface area contributed by atoms with E-state index in [1.807, 2.05) is 6.92 Å². The van der Waals surface area contributed by atoms with Crippen LogP contribution in [0, 0.1) is 13.8 Å². The first kappa shape index (κ1) is 14.5. The number of hydrogen-bond donors (Lipinski definition) is 0. The molecule has 2 aromatic heterocycles. The summed E-state index contributed by atoms with van der Waals surface area (Å²) in [5.41, 5.74) is 3.57. The summed E-state index contributed by atoms with van der Waals surface area (Å²) in [4.78, 5) is 11.2. The van der Waals surface area contributed by atoms with Gasteiger partial charge in [-0.25, -0.2) is 0 Å². The lowest BCUT2D eigenvalue weighted by atomic mass is 10.1. The molecular formula is C15H15N5OS. The topological polar surface area (TPSA) is 73.6 Å². The van der Waals surface area contributed by atoms with E-state index in [1.54, 1.807) is 4.68 Å². The summed E-state index contributed by atoms with van der Waals surface area (Å²) >= 11 is 1.42.